The summed E-state index contributed by atoms with van der Waals surface area (Å²) in [5.74, 6) is 0.435. The standard InChI is InChI=1S/C16H25N3O3/c1-16(2,3)22-15(20)19-10-4-6-13(12-19)7-11-21-14-17-8-5-9-18-14/h5,8-9,13H,4,6-7,10-12H2,1-3H3/t13-/m0/s1. The summed E-state index contributed by atoms with van der Waals surface area (Å²) in [4.78, 5) is 22.0. The van der Waals surface area contributed by atoms with Crippen LogP contribution in [-0.2, 0) is 4.74 Å². The van der Waals surface area contributed by atoms with E-state index >= 15 is 0 Å². The number of ether oxygens (including phenoxy) is 2. The SMILES string of the molecule is CC(C)(C)OC(=O)N1CCC[C@@H](CCOc2ncccn2)C1. The second kappa shape index (κ2) is 7.42. The Morgan fingerprint density at radius 3 is 2.77 bits per heavy atom. The van der Waals surface area contributed by atoms with Gasteiger partial charge in [0.25, 0.3) is 0 Å². The van der Waals surface area contributed by atoms with Crippen molar-refractivity contribution in [1.82, 2.24) is 14.9 Å². The topological polar surface area (TPSA) is 64.5 Å². The van der Waals surface area contributed by atoms with Crippen LogP contribution in [0.3, 0.4) is 0 Å². The number of rotatable bonds is 4. The van der Waals surface area contributed by atoms with Gasteiger partial charge in [0, 0.05) is 25.5 Å². The van der Waals surface area contributed by atoms with Crippen molar-refractivity contribution in [3.05, 3.63) is 18.5 Å². The monoisotopic (exact) mass is 307 g/mol. The largest absolute Gasteiger partial charge is 0.463 e. The number of hydrogen-bond acceptors (Lipinski definition) is 5. The van der Waals surface area contributed by atoms with Crippen LogP contribution >= 0.6 is 0 Å². The van der Waals surface area contributed by atoms with E-state index in [1.54, 1.807) is 23.4 Å². The fourth-order valence-electron chi connectivity index (χ4n) is 2.47. The minimum atomic E-state index is -0.447. The van der Waals surface area contributed by atoms with Crippen molar-refractivity contribution < 1.29 is 14.3 Å². The van der Waals surface area contributed by atoms with E-state index in [1.165, 1.54) is 0 Å². The molecule has 0 saturated carbocycles. The summed E-state index contributed by atoms with van der Waals surface area (Å²) in [6.45, 7) is 7.74. The van der Waals surface area contributed by atoms with Crippen molar-refractivity contribution in [3.8, 4) is 6.01 Å². The van der Waals surface area contributed by atoms with Crippen molar-refractivity contribution in [3.63, 3.8) is 0 Å². The molecule has 0 bridgehead atoms. The lowest BCUT2D eigenvalue weighted by Crippen LogP contribution is -2.43. The van der Waals surface area contributed by atoms with E-state index in [9.17, 15) is 4.79 Å². The molecule has 0 spiro atoms. The molecule has 1 atom stereocenters. The molecule has 122 valence electrons. The fourth-order valence-corrected chi connectivity index (χ4v) is 2.47. The first kappa shape index (κ1) is 16.5. The van der Waals surface area contributed by atoms with Gasteiger partial charge < -0.3 is 14.4 Å². The van der Waals surface area contributed by atoms with Crippen molar-refractivity contribution in [2.45, 2.75) is 45.6 Å². The van der Waals surface area contributed by atoms with Gasteiger partial charge in [0.05, 0.1) is 6.61 Å². The van der Waals surface area contributed by atoms with Gasteiger partial charge in [0.1, 0.15) is 5.60 Å². The summed E-state index contributed by atoms with van der Waals surface area (Å²) in [6, 6.07) is 2.16. The Morgan fingerprint density at radius 2 is 2.09 bits per heavy atom. The first-order valence-electron chi connectivity index (χ1n) is 7.82. The van der Waals surface area contributed by atoms with Gasteiger partial charge in [-0.05, 0) is 52.0 Å². The summed E-state index contributed by atoms with van der Waals surface area (Å²) >= 11 is 0. The minimum absolute atomic E-state index is 0.218. The lowest BCUT2D eigenvalue weighted by Gasteiger charge is -2.34. The average molecular weight is 307 g/mol. The number of amides is 1. The van der Waals surface area contributed by atoms with E-state index in [0.717, 1.165) is 32.4 Å². The van der Waals surface area contributed by atoms with Gasteiger partial charge in [0.2, 0.25) is 0 Å². The molecular weight excluding hydrogens is 282 g/mol. The molecule has 1 aliphatic rings. The highest BCUT2D eigenvalue weighted by Crippen LogP contribution is 2.21. The fraction of sp³-hybridized carbons (Fsp3) is 0.688. The third-order valence-electron chi connectivity index (χ3n) is 3.47. The smallest absolute Gasteiger partial charge is 0.410 e. The maximum atomic E-state index is 12.1. The van der Waals surface area contributed by atoms with E-state index in [4.69, 9.17) is 9.47 Å². The van der Waals surface area contributed by atoms with Crippen LogP contribution in [0.25, 0.3) is 0 Å². The molecule has 2 rings (SSSR count). The third kappa shape index (κ3) is 5.50. The Kier molecular flexibility index (Phi) is 5.57. The molecular formula is C16H25N3O3. The molecule has 0 aromatic carbocycles. The Bertz CT molecular complexity index is 473. The minimum Gasteiger partial charge on any atom is -0.463 e. The van der Waals surface area contributed by atoms with E-state index in [-0.39, 0.29) is 6.09 Å². The predicted octanol–water partition coefficient (Wildman–Crippen LogP) is 2.89. The molecule has 1 aromatic heterocycles. The van der Waals surface area contributed by atoms with Gasteiger partial charge in [-0.25, -0.2) is 14.8 Å². The number of hydrogen-bond donors (Lipinski definition) is 0. The van der Waals surface area contributed by atoms with E-state index in [1.807, 2.05) is 20.8 Å². The van der Waals surface area contributed by atoms with Crippen LogP contribution in [0.1, 0.15) is 40.0 Å². The number of piperidine rings is 1. The van der Waals surface area contributed by atoms with Crippen LogP contribution in [0, 0.1) is 5.92 Å². The van der Waals surface area contributed by atoms with Crippen molar-refractivity contribution in [1.29, 1.82) is 0 Å². The lowest BCUT2D eigenvalue weighted by molar-refractivity contribution is 0.0154. The van der Waals surface area contributed by atoms with Gasteiger partial charge in [-0.2, -0.15) is 0 Å². The summed E-state index contributed by atoms with van der Waals surface area (Å²) in [5.41, 5.74) is -0.447. The van der Waals surface area contributed by atoms with Crippen LogP contribution in [0.15, 0.2) is 18.5 Å². The maximum absolute atomic E-state index is 12.1. The quantitative estimate of drug-likeness (QED) is 0.855. The zero-order chi connectivity index (χ0) is 16.0. The molecule has 22 heavy (non-hydrogen) atoms. The normalized spacial score (nSPS) is 18.9. The highest BCUT2D eigenvalue weighted by molar-refractivity contribution is 5.68. The number of likely N-dealkylation sites (tertiary alicyclic amines) is 1. The first-order valence-corrected chi connectivity index (χ1v) is 7.82. The van der Waals surface area contributed by atoms with E-state index < -0.39 is 5.60 Å². The summed E-state index contributed by atoms with van der Waals surface area (Å²) in [7, 11) is 0. The molecule has 6 nitrogen and oxygen atoms in total. The van der Waals surface area contributed by atoms with Crippen molar-refractivity contribution in [2.24, 2.45) is 5.92 Å². The predicted molar refractivity (Wildman–Crippen MR) is 82.7 cm³/mol. The van der Waals surface area contributed by atoms with Crippen molar-refractivity contribution in [2.75, 3.05) is 19.7 Å². The molecule has 0 radical (unpaired) electrons. The van der Waals surface area contributed by atoms with Gasteiger partial charge in [-0.3, -0.25) is 0 Å². The molecule has 1 amide bonds. The molecule has 1 saturated heterocycles. The number of carbonyl (C=O) groups excluding carboxylic acids is 1. The number of aromatic nitrogens is 2. The molecule has 1 aliphatic heterocycles. The molecule has 0 unspecified atom stereocenters. The van der Waals surface area contributed by atoms with Crippen LogP contribution < -0.4 is 4.74 Å². The van der Waals surface area contributed by atoms with Crippen molar-refractivity contribution >= 4 is 6.09 Å². The van der Waals surface area contributed by atoms with E-state index in [0.29, 0.717) is 18.5 Å². The molecule has 1 fully saturated rings. The van der Waals surface area contributed by atoms with Gasteiger partial charge in [-0.1, -0.05) is 0 Å². The van der Waals surface area contributed by atoms with E-state index in [2.05, 4.69) is 9.97 Å². The Labute approximate surface area is 131 Å². The summed E-state index contributed by atoms with van der Waals surface area (Å²) < 4.78 is 11.0. The van der Waals surface area contributed by atoms with Crippen LogP contribution in [-0.4, -0.2) is 46.3 Å². The van der Waals surface area contributed by atoms with Gasteiger partial charge >= 0.3 is 12.1 Å². The molecule has 0 aliphatic carbocycles. The highest BCUT2D eigenvalue weighted by Gasteiger charge is 2.27. The lowest BCUT2D eigenvalue weighted by atomic mass is 9.95. The zero-order valence-corrected chi connectivity index (χ0v) is 13.6. The van der Waals surface area contributed by atoms with Crippen LogP contribution in [0.4, 0.5) is 4.79 Å². The molecule has 1 aromatic rings. The Morgan fingerprint density at radius 1 is 1.36 bits per heavy atom. The zero-order valence-electron chi connectivity index (χ0n) is 13.6. The third-order valence-corrected chi connectivity index (χ3v) is 3.47. The Hall–Kier alpha value is -1.85. The summed E-state index contributed by atoms with van der Waals surface area (Å²) in [5, 5.41) is 0. The summed E-state index contributed by atoms with van der Waals surface area (Å²) in [6.07, 6.45) is 6.10. The van der Waals surface area contributed by atoms with Crippen LogP contribution in [0.5, 0.6) is 6.01 Å². The number of nitrogens with zero attached hydrogens (tertiary/aromatic N) is 3. The first-order chi connectivity index (χ1) is 10.4. The Balaban J connectivity index is 1.75. The second-order valence-corrected chi connectivity index (χ2v) is 6.60. The average Bonchev–Trinajstić information content (AvgIpc) is 2.47. The molecule has 0 N–H and O–H groups in total. The highest BCUT2D eigenvalue weighted by atomic mass is 16.6. The molecule has 2 heterocycles. The van der Waals surface area contributed by atoms with Gasteiger partial charge in [-0.15, -0.1) is 0 Å². The van der Waals surface area contributed by atoms with Crippen LogP contribution in [0.2, 0.25) is 0 Å². The number of carbonyl (C=O) groups is 1. The second-order valence-electron chi connectivity index (χ2n) is 6.60. The van der Waals surface area contributed by atoms with Gasteiger partial charge in [0.15, 0.2) is 0 Å². The maximum Gasteiger partial charge on any atom is 0.410 e. The molecule has 6 heteroatoms.